The van der Waals surface area contributed by atoms with Crippen LogP contribution >= 0.6 is 0 Å². The van der Waals surface area contributed by atoms with Gasteiger partial charge in [-0.2, -0.15) is 0 Å². The predicted molar refractivity (Wildman–Crippen MR) is 86.5 cm³/mol. The Morgan fingerprint density at radius 3 is 2.70 bits per heavy atom. The highest BCUT2D eigenvalue weighted by molar-refractivity contribution is 6.39. The fourth-order valence-electron chi connectivity index (χ4n) is 2.39. The van der Waals surface area contributed by atoms with E-state index >= 15 is 0 Å². The summed E-state index contributed by atoms with van der Waals surface area (Å²) >= 11 is 0. The maximum atomic E-state index is 11.9. The van der Waals surface area contributed by atoms with Crippen molar-refractivity contribution in [3.8, 4) is 5.75 Å². The van der Waals surface area contributed by atoms with Crippen molar-refractivity contribution in [3.63, 3.8) is 0 Å². The zero-order valence-electron chi connectivity index (χ0n) is 13.3. The summed E-state index contributed by atoms with van der Waals surface area (Å²) in [5.41, 5.74) is 1.04. The third kappa shape index (κ3) is 4.00. The van der Waals surface area contributed by atoms with Crippen LogP contribution in [0, 0.1) is 0 Å². The Morgan fingerprint density at radius 1 is 1.30 bits per heavy atom. The van der Waals surface area contributed by atoms with E-state index < -0.39 is 11.8 Å². The molecule has 2 rings (SSSR count). The standard InChI is InChI=1S/C16H21N3O4/c1-3-8-17-15(21)16(22)18-11-6-7-13(23-2)12(10-11)19-9-4-5-14(19)20/h6-7,10H,3-5,8-9H2,1-2H3,(H,17,21)(H,18,22). The van der Waals surface area contributed by atoms with Crippen LogP contribution in [-0.2, 0) is 14.4 Å². The first-order valence-corrected chi connectivity index (χ1v) is 7.64. The van der Waals surface area contributed by atoms with Gasteiger partial charge in [0, 0.05) is 25.2 Å². The number of rotatable bonds is 5. The van der Waals surface area contributed by atoms with Crippen molar-refractivity contribution < 1.29 is 19.1 Å². The lowest BCUT2D eigenvalue weighted by Crippen LogP contribution is -2.35. The maximum Gasteiger partial charge on any atom is 0.313 e. The zero-order chi connectivity index (χ0) is 16.8. The van der Waals surface area contributed by atoms with Crippen molar-refractivity contribution in [2.75, 3.05) is 30.4 Å². The highest BCUT2D eigenvalue weighted by atomic mass is 16.5. The Labute approximate surface area is 135 Å². The SMILES string of the molecule is CCCNC(=O)C(=O)Nc1ccc(OC)c(N2CCCC2=O)c1. The molecular weight excluding hydrogens is 298 g/mol. The van der Waals surface area contributed by atoms with Crippen LogP contribution in [0.3, 0.4) is 0 Å². The minimum absolute atomic E-state index is 0.0208. The first-order valence-electron chi connectivity index (χ1n) is 7.64. The molecule has 0 radical (unpaired) electrons. The van der Waals surface area contributed by atoms with Crippen LogP contribution in [0.1, 0.15) is 26.2 Å². The molecule has 0 aliphatic carbocycles. The molecule has 7 heteroatoms. The van der Waals surface area contributed by atoms with Crippen molar-refractivity contribution in [1.82, 2.24) is 5.32 Å². The van der Waals surface area contributed by atoms with Crippen LogP contribution in [0.25, 0.3) is 0 Å². The fraction of sp³-hybridized carbons (Fsp3) is 0.438. The zero-order valence-corrected chi connectivity index (χ0v) is 13.3. The minimum Gasteiger partial charge on any atom is -0.495 e. The van der Waals surface area contributed by atoms with Crippen LogP contribution in [0.5, 0.6) is 5.75 Å². The lowest BCUT2D eigenvalue weighted by atomic mass is 10.2. The molecule has 0 spiro atoms. The summed E-state index contributed by atoms with van der Waals surface area (Å²) < 4.78 is 5.28. The molecule has 0 bridgehead atoms. The first kappa shape index (κ1) is 16.8. The Balaban J connectivity index is 2.16. The largest absolute Gasteiger partial charge is 0.495 e. The molecule has 2 N–H and O–H groups in total. The highest BCUT2D eigenvalue weighted by Gasteiger charge is 2.25. The van der Waals surface area contributed by atoms with Crippen LogP contribution in [0.4, 0.5) is 11.4 Å². The summed E-state index contributed by atoms with van der Waals surface area (Å²) in [7, 11) is 1.52. The molecule has 0 saturated carbocycles. The van der Waals surface area contributed by atoms with E-state index in [0.717, 1.165) is 12.8 Å². The van der Waals surface area contributed by atoms with Crippen LogP contribution < -0.4 is 20.3 Å². The van der Waals surface area contributed by atoms with Gasteiger partial charge in [-0.05, 0) is 31.0 Å². The molecule has 0 atom stereocenters. The maximum absolute atomic E-state index is 11.9. The van der Waals surface area contributed by atoms with E-state index in [1.165, 1.54) is 7.11 Å². The number of anilines is 2. The van der Waals surface area contributed by atoms with Gasteiger partial charge in [0.1, 0.15) is 5.75 Å². The average molecular weight is 319 g/mol. The van der Waals surface area contributed by atoms with Gasteiger partial charge in [0.2, 0.25) is 5.91 Å². The lowest BCUT2D eigenvalue weighted by Gasteiger charge is -2.20. The van der Waals surface area contributed by atoms with Gasteiger partial charge in [0.05, 0.1) is 12.8 Å². The number of methoxy groups -OCH3 is 1. The molecule has 1 aromatic carbocycles. The number of nitrogens with zero attached hydrogens (tertiary/aromatic N) is 1. The Bertz CT molecular complexity index is 615. The van der Waals surface area contributed by atoms with Gasteiger partial charge >= 0.3 is 11.8 Å². The summed E-state index contributed by atoms with van der Waals surface area (Å²) in [4.78, 5) is 37.0. The van der Waals surface area contributed by atoms with E-state index in [-0.39, 0.29) is 5.91 Å². The molecular formula is C16H21N3O4. The topological polar surface area (TPSA) is 87.7 Å². The van der Waals surface area contributed by atoms with Gasteiger partial charge in [-0.1, -0.05) is 6.92 Å². The monoisotopic (exact) mass is 319 g/mol. The molecule has 1 aromatic rings. The van der Waals surface area contributed by atoms with Gasteiger partial charge in [0.25, 0.3) is 0 Å². The fourth-order valence-corrected chi connectivity index (χ4v) is 2.39. The second kappa shape index (κ2) is 7.62. The van der Waals surface area contributed by atoms with Crippen LogP contribution in [0.2, 0.25) is 0 Å². The molecule has 3 amide bonds. The normalized spacial score (nSPS) is 13.8. The van der Waals surface area contributed by atoms with Crippen molar-refractivity contribution in [1.29, 1.82) is 0 Å². The Hall–Kier alpha value is -2.57. The van der Waals surface area contributed by atoms with Gasteiger partial charge in [-0.25, -0.2) is 0 Å². The number of hydrogen-bond acceptors (Lipinski definition) is 4. The van der Waals surface area contributed by atoms with Crippen molar-refractivity contribution >= 4 is 29.1 Å². The summed E-state index contributed by atoms with van der Waals surface area (Å²) in [6.07, 6.45) is 2.04. The number of amides is 3. The Morgan fingerprint density at radius 2 is 2.09 bits per heavy atom. The molecule has 1 fully saturated rings. The summed E-state index contributed by atoms with van der Waals surface area (Å²) in [5, 5.41) is 5.05. The molecule has 0 aromatic heterocycles. The number of nitrogens with one attached hydrogen (secondary N) is 2. The van der Waals surface area contributed by atoms with Crippen molar-refractivity contribution in [3.05, 3.63) is 18.2 Å². The van der Waals surface area contributed by atoms with Crippen molar-refractivity contribution in [2.24, 2.45) is 0 Å². The molecule has 1 heterocycles. The second-order valence-corrected chi connectivity index (χ2v) is 5.25. The van der Waals surface area contributed by atoms with E-state index in [2.05, 4.69) is 10.6 Å². The molecule has 1 aliphatic rings. The molecule has 7 nitrogen and oxygen atoms in total. The average Bonchev–Trinajstić information content (AvgIpc) is 2.98. The molecule has 23 heavy (non-hydrogen) atoms. The minimum atomic E-state index is -0.734. The van der Waals surface area contributed by atoms with Crippen LogP contribution in [-0.4, -0.2) is 37.9 Å². The Kier molecular flexibility index (Phi) is 5.56. The third-order valence-corrected chi connectivity index (χ3v) is 3.54. The van der Waals surface area contributed by atoms with E-state index in [1.54, 1.807) is 23.1 Å². The van der Waals surface area contributed by atoms with Gasteiger partial charge in [-0.3, -0.25) is 14.4 Å². The van der Waals surface area contributed by atoms with Crippen molar-refractivity contribution in [2.45, 2.75) is 26.2 Å². The summed E-state index contributed by atoms with van der Waals surface area (Å²) in [6, 6.07) is 4.95. The molecule has 124 valence electrons. The number of benzene rings is 1. The molecule has 0 unspecified atom stereocenters. The van der Waals surface area contributed by atoms with Gasteiger partial charge in [-0.15, -0.1) is 0 Å². The predicted octanol–water partition coefficient (Wildman–Crippen LogP) is 1.29. The first-order chi connectivity index (χ1) is 11.1. The van der Waals surface area contributed by atoms with Gasteiger partial charge < -0.3 is 20.3 Å². The van der Waals surface area contributed by atoms with Crippen LogP contribution in [0.15, 0.2) is 18.2 Å². The quantitative estimate of drug-likeness (QED) is 0.801. The number of ether oxygens (including phenoxy) is 1. The van der Waals surface area contributed by atoms with E-state index in [1.807, 2.05) is 6.92 Å². The summed E-state index contributed by atoms with van der Waals surface area (Å²) in [5.74, 6) is -0.843. The van der Waals surface area contributed by atoms with E-state index in [0.29, 0.717) is 36.6 Å². The molecule has 1 saturated heterocycles. The van der Waals surface area contributed by atoms with E-state index in [4.69, 9.17) is 4.74 Å². The number of carbonyl (C=O) groups is 3. The number of carbonyl (C=O) groups excluding carboxylic acids is 3. The third-order valence-electron chi connectivity index (χ3n) is 3.54. The lowest BCUT2D eigenvalue weighted by molar-refractivity contribution is -0.136. The van der Waals surface area contributed by atoms with Gasteiger partial charge in [0.15, 0.2) is 0 Å². The number of hydrogen-bond donors (Lipinski definition) is 2. The molecule has 1 aliphatic heterocycles. The highest BCUT2D eigenvalue weighted by Crippen LogP contribution is 2.33. The summed E-state index contributed by atoms with van der Waals surface area (Å²) in [6.45, 7) is 2.97. The second-order valence-electron chi connectivity index (χ2n) is 5.25. The smallest absolute Gasteiger partial charge is 0.313 e. The van der Waals surface area contributed by atoms with E-state index in [9.17, 15) is 14.4 Å².